The predicted octanol–water partition coefficient (Wildman–Crippen LogP) is 1.58. The molecule has 0 saturated carbocycles. The van der Waals surface area contributed by atoms with Gasteiger partial charge in [-0.1, -0.05) is 12.1 Å². The third-order valence-electron chi connectivity index (χ3n) is 1.26. The zero-order chi connectivity index (χ0) is 8.97. The van der Waals surface area contributed by atoms with Crippen LogP contribution in [0.15, 0.2) is 29.4 Å². The maximum Gasteiger partial charge on any atom is 0.316 e. The van der Waals surface area contributed by atoms with Gasteiger partial charge >= 0.3 is 6.03 Å². The van der Waals surface area contributed by atoms with Gasteiger partial charge in [-0.05, 0) is 17.3 Å². The van der Waals surface area contributed by atoms with Gasteiger partial charge in [-0.15, -0.1) is 4.91 Å². The number of rotatable bonds is 2. The van der Waals surface area contributed by atoms with E-state index in [0.29, 0.717) is 5.69 Å². The van der Waals surface area contributed by atoms with E-state index in [0.717, 1.165) is 0 Å². The van der Waals surface area contributed by atoms with E-state index < -0.39 is 6.03 Å². The summed E-state index contributed by atoms with van der Waals surface area (Å²) in [7, 11) is 0. The van der Waals surface area contributed by atoms with Crippen molar-refractivity contribution in [3.63, 3.8) is 0 Å². The van der Waals surface area contributed by atoms with Crippen LogP contribution in [0.25, 0.3) is 0 Å². The van der Waals surface area contributed by atoms with Crippen LogP contribution in [0.2, 0.25) is 0 Å². The number of nitrogens with one attached hydrogen (secondary N) is 1. The van der Waals surface area contributed by atoms with Gasteiger partial charge in [-0.2, -0.15) is 0 Å². The first-order valence-electron chi connectivity index (χ1n) is 3.23. The molecule has 0 heterocycles. The first kappa shape index (κ1) is 8.19. The van der Waals surface area contributed by atoms with Crippen molar-refractivity contribution in [1.82, 2.24) is 0 Å². The number of nitrogens with two attached hydrogens (primary N) is 1. The lowest BCUT2D eigenvalue weighted by Crippen LogP contribution is -2.19. The molecule has 5 heteroatoms. The quantitative estimate of drug-likeness (QED) is 0.652. The first-order valence-corrected chi connectivity index (χ1v) is 3.23. The number of carbonyl (C=O) groups is 1. The van der Waals surface area contributed by atoms with Gasteiger partial charge in [0.1, 0.15) is 5.69 Å². The van der Waals surface area contributed by atoms with Crippen molar-refractivity contribution in [3.8, 4) is 0 Å². The fraction of sp³-hybridized carbons (Fsp3) is 0. The van der Waals surface area contributed by atoms with Crippen molar-refractivity contribution in [1.29, 1.82) is 0 Å². The van der Waals surface area contributed by atoms with E-state index in [2.05, 4.69) is 10.5 Å². The fourth-order valence-electron chi connectivity index (χ4n) is 0.792. The Hall–Kier alpha value is -1.91. The van der Waals surface area contributed by atoms with Gasteiger partial charge in [0.25, 0.3) is 0 Å². The molecular weight excluding hydrogens is 158 g/mol. The monoisotopic (exact) mass is 165 g/mol. The second kappa shape index (κ2) is 3.47. The molecular formula is C7H7N3O2. The van der Waals surface area contributed by atoms with Crippen molar-refractivity contribution >= 4 is 17.4 Å². The Morgan fingerprint density at radius 1 is 1.42 bits per heavy atom. The normalized spacial score (nSPS) is 9.00. The number of para-hydroxylation sites is 1. The number of urea groups is 1. The summed E-state index contributed by atoms with van der Waals surface area (Å²) in [6.45, 7) is 0. The van der Waals surface area contributed by atoms with Crippen molar-refractivity contribution in [2.45, 2.75) is 0 Å². The summed E-state index contributed by atoms with van der Waals surface area (Å²) in [6, 6.07) is 5.62. The molecule has 0 aromatic heterocycles. The number of carbonyl (C=O) groups excluding carboxylic acids is 1. The van der Waals surface area contributed by atoms with Gasteiger partial charge in [0.15, 0.2) is 0 Å². The average molecular weight is 165 g/mol. The summed E-state index contributed by atoms with van der Waals surface area (Å²) in [5, 5.41) is 4.97. The fourth-order valence-corrected chi connectivity index (χ4v) is 0.792. The van der Waals surface area contributed by atoms with Gasteiger partial charge in [-0.25, -0.2) is 4.79 Å². The highest BCUT2D eigenvalue weighted by Crippen LogP contribution is 2.22. The third kappa shape index (κ3) is 1.79. The maximum absolute atomic E-state index is 10.4. The SMILES string of the molecule is NC(=O)Nc1ccccc1N=O. The molecule has 0 fully saturated rings. The maximum atomic E-state index is 10.4. The summed E-state index contributed by atoms with van der Waals surface area (Å²) >= 11 is 0. The van der Waals surface area contributed by atoms with E-state index in [1.54, 1.807) is 18.2 Å². The molecule has 5 nitrogen and oxygen atoms in total. The number of benzene rings is 1. The topological polar surface area (TPSA) is 84.6 Å². The molecule has 0 spiro atoms. The number of amides is 2. The summed E-state index contributed by atoms with van der Waals surface area (Å²) in [5.74, 6) is 0. The first-order chi connectivity index (χ1) is 5.74. The molecule has 2 amide bonds. The minimum atomic E-state index is -0.717. The van der Waals surface area contributed by atoms with Crippen molar-refractivity contribution < 1.29 is 4.79 Å². The largest absolute Gasteiger partial charge is 0.351 e. The molecule has 3 N–H and O–H groups in total. The van der Waals surface area contributed by atoms with Gasteiger partial charge in [-0.3, -0.25) is 0 Å². The second-order valence-corrected chi connectivity index (χ2v) is 2.10. The molecule has 1 rings (SSSR count). The molecule has 12 heavy (non-hydrogen) atoms. The van der Waals surface area contributed by atoms with Crippen LogP contribution in [0.1, 0.15) is 0 Å². The van der Waals surface area contributed by atoms with E-state index >= 15 is 0 Å². The molecule has 0 radical (unpaired) electrons. The number of nitroso groups, excluding NO2 is 1. The number of hydrogen-bond acceptors (Lipinski definition) is 3. The highest BCUT2D eigenvalue weighted by molar-refractivity contribution is 5.91. The lowest BCUT2D eigenvalue weighted by atomic mass is 10.3. The van der Waals surface area contributed by atoms with Crippen molar-refractivity contribution in [2.24, 2.45) is 10.9 Å². The summed E-state index contributed by atoms with van der Waals surface area (Å²) in [4.78, 5) is 20.6. The molecule has 0 bridgehead atoms. The standard InChI is InChI=1S/C7H7N3O2/c8-7(11)9-5-3-1-2-4-6(5)10-12/h1-4H,(H3,8,9,11). The van der Waals surface area contributed by atoms with Crippen LogP contribution in [0, 0.1) is 4.91 Å². The van der Waals surface area contributed by atoms with Gasteiger partial charge in [0.2, 0.25) is 0 Å². The molecule has 1 aromatic rings. The highest BCUT2D eigenvalue weighted by Gasteiger charge is 2.01. The molecule has 0 atom stereocenters. The van der Waals surface area contributed by atoms with E-state index in [1.807, 2.05) is 0 Å². The van der Waals surface area contributed by atoms with Crippen LogP contribution >= 0.6 is 0 Å². The van der Waals surface area contributed by atoms with E-state index in [1.165, 1.54) is 6.07 Å². The van der Waals surface area contributed by atoms with Gasteiger partial charge < -0.3 is 11.1 Å². The predicted molar refractivity (Wildman–Crippen MR) is 45.1 cm³/mol. The lowest BCUT2D eigenvalue weighted by molar-refractivity contribution is 0.259. The Kier molecular flexibility index (Phi) is 2.37. The Morgan fingerprint density at radius 2 is 2.08 bits per heavy atom. The number of primary amides is 1. The van der Waals surface area contributed by atoms with Gasteiger partial charge in [0, 0.05) is 0 Å². The van der Waals surface area contributed by atoms with Crippen LogP contribution in [0.5, 0.6) is 0 Å². The Morgan fingerprint density at radius 3 is 2.67 bits per heavy atom. The molecule has 0 aliphatic carbocycles. The molecule has 62 valence electrons. The van der Waals surface area contributed by atoms with Crippen LogP contribution in [0.3, 0.4) is 0 Å². The van der Waals surface area contributed by atoms with Crippen LogP contribution in [0.4, 0.5) is 16.2 Å². The lowest BCUT2D eigenvalue weighted by Gasteiger charge is -2.01. The number of hydrogen-bond donors (Lipinski definition) is 2. The molecule has 0 unspecified atom stereocenters. The van der Waals surface area contributed by atoms with Crippen molar-refractivity contribution in [2.75, 3.05) is 5.32 Å². The summed E-state index contributed by atoms with van der Waals surface area (Å²) < 4.78 is 0. The van der Waals surface area contributed by atoms with E-state index in [9.17, 15) is 9.70 Å². The second-order valence-electron chi connectivity index (χ2n) is 2.10. The Balaban J connectivity index is 2.96. The van der Waals surface area contributed by atoms with Crippen LogP contribution < -0.4 is 11.1 Å². The smallest absolute Gasteiger partial charge is 0.316 e. The Labute approximate surface area is 68.5 Å². The van der Waals surface area contributed by atoms with E-state index in [4.69, 9.17) is 5.73 Å². The van der Waals surface area contributed by atoms with Crippen molar-refractivity contribution in [3.05, 3.63) is 29.2 Å². The molecule has 1 aromatic carbocycles. The minimum absolute atomic E-state index is 0.163. The van der Waals surface area contributed by atoms with Crippen LogP contribution in [-0.2, 0) is 0 Å². The van der Waals surface area contributed by atoms with Gasteiger partial charge in [0.05, 0.1) is 5.69 Å². The zero-order valence-electron chi connectivity index (χ0n) is 6.15. The number of anilines is 1. The van der Waals surface area contributed by atoms with E-state index in [-0.39, 0.29) is 5.69 Å². The highest BCUT2D eigenvalue weighted by atomic mass is 16.3. The molecule has 0 aliphatic rings. The summed E-state index contributed by atoms with van der Waals surface area (Å²) in [5.41, 5.74) is 5.34. The Bertz CT molecular complexity index is 311. The number of nitrogens with zero attached hydrogens (tertiary/aromatic N) is 1. The van der Waals surface area contributed by atoms with Crippen LogP contribution in [-0.4, -0.2) is 6.03 Å². The zero-order valence-corrected chi connectivity index (χ0v) is 6.15. The average Bonchev–Trinajstić information content (AvgIpc) is 2.04. The summed E-state index contributed by atoms with van der Waals surface area (Å²) in [6.07, 6.45) is 0. The molecule has 0 saturated heterocycles. The third-order valence-corrected chi connectivity index (χ3v) is 1.26. The minimum Gasteiger partial charge on any atom is -0.351 e. The molecule has 0 aliphatic heterocycles.